The van der Waals surface area contributed by atoms with Crippen LogP contribution < -0.4 is 5.32 Å². The van der Waals surface area contributed by atoms with Crippen LogP contribution in [0, 0.1) is 5.82 Å². The van der Waals surface area contributed by atoms with Crippen molar-refractivity contribution < 1.29 is 9.18 Å². The summed E-state index contributed by atoms with van der Waals surface area (Å²) in [6.07, 6.45) is 1.89. The van der Waals surface area contributed by atoms with Crippen molar-refractivity contribution in [3.63, 3.8) is 0 Å². The van der Waals surface area contributed by atoms with E-state index >= 15 is 0 Å². The Morgan fingerprint density at radius 3 is 2.88 bits per heavy atom. The molecule has 0 bridgehead atoms. The van der Waals surface area contributed by atoms with Gasteiger partial charge in [0.2, 0.25) is 0 Å². The van der Waals surface area contributed by atoms with Crippen LogP contribution in [0.15, 0.2) is 18.2 Å². The molecule has 0 aliphatic carbocycles. The normalized spacial score (nSPS) is 12.2. The lowest BCUT2D eigenvalue weighted by atomic mass is 10.2. The molecule has 1 atom stereocenters. The number of hydrogen-bond acceptors (Lipinski definition) is 1. The summed E-state index contributed by atoms with van der Waals surface area (Å²) in [6.45, 7) is 2.66. The van der Waals surface area contributed by atoms with E-state index in [0.29, 0.717) is 16.9 Å². The molecule has 0 aliphatic rings. The van der Waals surface area contributed by atoms with Gasteiger partial charge in [-0.1, -0.05) is 34.5 Å². The lowest BCUT2D eigenvalue weighted by Crippen LogP contribution is -2.24. The number of carbonyl (C=O) groups excluding carboxylic acids is 1. The Balaban J connectivity index is 2.44. The topological polar surface area (TPSA) is 29.1 Å². The second-order valence-corrected chi connectivity index (χ2v) is 5.78. The first kappa shape index (κ1) is 14.5. The van der Waals surface area contributed by atoms with Gasteiger partial charge < -0.3 is 5.32 Å². The summed E-state index contributed by atoms with van der Waals surface area (Å²) in [6, 6.07) is 3.95. The van der Waals surface area contributed by atoms with E-state index in [0.717, 1.165) is 12.8 Å². The molecule has 0 saturated heterocycles. The number of nitrogens with one attached hydrogen (secondary N) is 1. The van der Waals surface area contributed by atoms with E-state index in [-0.39, 0.29) is 10.9 Å². The van der Waals surface area contributed by atoms with Gasteiger partial charge in [-0.2, -0.15) is 0 Å². The zero-order valence-electron chi connectivity index (χ0n) is 9.47. The molecule has 1 rings (SSSR count). The lowest BCUT2D eigenvalue weighted by Gasteiger charge is -2.06. The third-order valence-electron chi connectivity index (χ3n) is 2.25. The Hall–Kier alpha value is -0.610. The summed E-state index contributed by atoms with van der Waals surface area (Å²) in [4.78, 5) is 12.1. The molecule has 17 heavy (non-hydrogen) atoms. The molecule has 0 aromatic heterocycles. The first-order valence-electron chi connectivity index (χ1n) is 5.38. The minimum atomic E-state index is -0.517. The van der Waals surface area contributed by atoms with Crippen molar-refractivity contribution >= 4 is 33.4 Å². The number of rotatable bonds is 5. The van der Waals surface area contributed by atoms with Crippen LogP contribution in [0.4, 0.5) is 4.39 Å². The predicted octanol–water partition coefficient (Wildman–Crippen LogP) is 3.77. The fourth-order valence-corrected chi connectivity index (χ4v) is 1.83. The highest BCUT2D eigenvalue weighted by Gasteiger charge is 2.08. The summed E-state index contributed by atoms with van der Waals surface area (Å²) in [5, 5.41) is 2.72. The van der Waals surface area contributed by atoms with Gasteiger partial charge in [0.1, 0.15) is 5.82 Å². The van der Waals surface area contributed by atoms with Crippen molar-refractivity contribution in [2.75, 3.05) is 6.54 Å². The van der Waals surface area contributed by atoms with E-state index in [2.05, 4.69) is 28.2 Å². The van der Waals surface area contributed by atoms with Crippen LogP contribution in [0.5, 0.6) is 0 Å². The van der Waals surface area contributed by atoms with Crippen molar-refractivity contribution in [1.82, 2.24) is 5.32 Å². The quantitative estimate of drug-likeness (QED) is 0.649. The smallest absolute Gasteiger partial charge is 0.251 e. The molecule has 1 aromatic rings. The van der Waals surface area contributed by atoms with E-state index in [9.17, 15) is 9.18 Å². The van der Waals surface area contributed by atoms with Gasteiger partial charge in [0, 0.05) is 16.9 Å². The van der Waals surface area contributed by atoms with Crippen LogP contribution in [0.2, 0.25) is 5.02 Å². The fourth-order valence-electron chi connectivity index (χ4n) is 1.32. The van der Waals surface area contributed by atoms with Crippen LogP contribution >= 0.6 is 27.5 Å². The SMILES string of the molecule is CC(Br)CCCNC(=O)c1ccc(F)c(Cl)c1. The number of carbonyl (C=O) groups is 1. The number of amides is 1. The molecule has 1 N–H and O–H groups in total. The first-order chi connectivity index (χ1) is 8.00. The van der Waals surface area contributed by atoms with Gasteiger partial charge in [0.25, 0.3) is 5.91 Å². The molecule has 0 radical (unpaired) electrons. The predicted molar refractivity (Wildman–Crippen MR) is 71.4 cm³/mol. The van der Waals surface area contributed by atoms with Crippen molar-refractivity contribution in [3.05, 3.63) is 34.6 Å². The molecule has 2 nitrogen and oxygen atoms in total. The Morgan fingerprint density at radius 1 is 1.59 bits per heavy atom. The van der Waals surface area contributed by atoms with Gasteiger partial charge >= 0.3 is 0 Å². The van der Waals surface area contributed by atoms with Crippen LogP contribution in [0.1, 0.15) is 30.1 Å². The van der Waals surface area contributed by atoms with E-state index in [1.165, 1.54) is 18.2 Å². The number of alkyl halides is 1. The minimum Gasteiger partial charge on any atom is -0.352 e. The van der Waals surface area contributed by atoms with Crippen molar-refractivity contribution in [2.45, 2.75) is 24.6 Å². The van der Waals surface area contributed by atoms with E-state index in [1.807, 2.05) is 0 Å². The highest BCUT2D eigenvalue weighted by molar-refractivity contribution is 9.09. The highest BCUT2D eigenvalue weighted by Crippen LogP contribution is 2.15. The maximum Gasteiger partial charge on any atom is 0.251 e. The molecular formula is C12H14BrClFNO. The Labute approximate surface area is 114 Å². The average molecular weight is 323 g/mol. The van der Waals surface area contributed by atoms with Gasteiger partial charge in [-0.3, -0.25) is 4.79 Å². The average Bonchev–Trinajstić information content (AvgIpc) is 2.27. The van der Waals surface area contributed by atoms with Crippen LogP contribution in [0.3, 0.4) is 0 Å². The molecule has 0 heterocycles. The maximum absolute atomic E-state index is 12.9. The molecule has 1 amide bonds. The summed E-state index contributed by atoms with van der Waals surface area (Å²) >= 11 is 9.03. The summed E-state index contributed by atoms with van der Waals surface area (Å²) in [5.74, 6) is -0.745. The molecule has 5 heteroatoms. The molecule has 0 aliphatic heterocycles. The van der Waals surface area contributed by atoms with Gasteiger partial charge in [0.05, 0.1) is 5.02 Å². The number of halogens is 3. The molecular weight excluding hydrogens is 308 g/mol. The van der Waals surface area contributed by atoms with Crippen molar-refractivity contribution in [3.8, 4) is 0 Å². The standard InChI is InChI=1S/C12H14BrClFNO/c1-8(13)3-2-6-16-12(17)9-4-5-11(15)10(14)7-9/h4-5,7-8H,2-3,6H2,1H3,(H,16,17). The van der Waals surface area contributed by atoms with E-state index in [1.54, 1.807) is 0 Å². The zero-order valence-corrected chi connectivity index (χ0v) is 11.8. The maximum atomic E-state index is 12.9. The monoisotopic (exact) mass is 321 g/mol. The fraction of sp³-hybridized carbons (Fsp3) is 0.417. The zero-order chi connectivity index (χ0) is 12.8. The Kier molecular flexibility index (Phi) is 5.92. The number of benzene rings is 1. The van der Waals surface area contributed by atoms with Gasteiger partial charge in [0.15, 0.2) is 0 Å². The van der Waals surface area contributed by atoms with E-state index in [4.69, 9.17) is 11.6 Å². The van der Waals surface area contributed by atoms with Crippen LogP contribution in [-0.4, -0.2) is 17.3 Å². The van der Waals surface area contributed by atoms with Crippen molar-refractivity contribution in [1.29, 1.82) is 0 Å². The largest absolute Gasteiger partial charge is 0.352 e. The van der Waals surface area contributed by atoms with Gasteiger partial charge in [-0.25, -0.2) is 4.39 Å². The van der Waals surface area contributed by atoms with Crippen LogP contribution in [-0.2, 0) is 0 Å². The van der Waals surface area contributed by atoms with Gasteiger partial charge in [-0.15, -0.1) is 0 Å². The highest BCUT2D eigenvalue weighted by atomic mass is 79.9. The molecule has 0 saturated carbocycles. The van der Waals surface area contributed by atoms with Crippen molar-refractivity contribution in [2.24, 2.45) is 0 Å². The third kappa shape index (κ3) is 5.04. The summed E-state index contributed by atoms with van der Waals surface area (Å²) in [7, 11) is 0. The lowest BCUT2D eigenvalue weighted by molar-refractivity contribution is 0.0953. The van der Waals surface area contributed by atoms with E-state index < -0.39 is 5.82 Å². The first-order valence-corrected chi connectivity index (χ1v) is 6.67. The second kappa shape index (κ2) is 6.97. The minimum absolute atomic E-state index is 0.0354. The Morgan fingerprint density at radius 2 is 2.29 bits per heavy atom. The molecule has 1 aromatic carbocycles. The number of hydrogen-bond donors (Lipinski definition) is 1. The summed E-state index contributed by atoms with van der Waals surface area (Å²) < 4.78 is 12.9. The second-order valence-electron chi connectivity index (χ2n) is 3.81. The molecule has 0 spiro atoms. The van der Waals surface area contributed by atoms with Crippen LogP contribution in [0.25, 0.3) is 0 Å². The summed E-state index contributed by atoms with van der Waals surface area (Å²) in [5.41, 5.74) is 0.378. The molecule has 94 valence electrons. The molecule has 1 unspecified atom stereocenters. The third-order valence-corrected chi connectivity index (χ3v) is 2.99. The molecule has 0 fully saturated rings. The Bertz CT molecular complexity index is 398. The van der Waals surface area contributed by atoms with Gasteiger partial charge in [-0.05, 0) is 31.0 Å².